The number of aromatic nitrogens is 2. The lowest BCUT2D eigenvalue weighted by Crippen LogP contribution is -2.36. The smallest absolute Gasteiger partial charge is 0.136 e. The van der Waals surface area contributed by atoms with Gasteiger partial charge in [0.1, 0.15) is 17.9 Å². The van der Waals surface area contributed by atoms with E-state index in [2.05, 4.69) is 46.9 Å². The molecule has 0 saturated carbocycles. The lowest BCUT2D eigenvalue weighted by atomic mass is 9.90. The molecular weight excluding hydrogens is 326 g/mol. The van der Waals surface area contributed by atoms with Crippen LogP contribution in [0.4, 0.5) is 5.82 Å². The van der Waals surface area contributed by atoms with E-state index < -0.39 is 0 Å². The zero-order valence-corrected chi connectivity index (χ0v) is 15.6. The monoisotopic (exact) mass is 353 g/mol. The third-order valence-corrected chi connectivity index (χ3v) is 5.31. The lowest BCUT2D eigenvalue weighted by molar-refractivity contribution is -0.123. The van der Waals surface area contributed by atoms with Crippen molar-refractivity contribution in [2.45, 2.75) is 39.5 Å². The fourth-order valence-electron chi connectivity index (χ4n) is 3.47. The average molecular weight is 353 g/mol. The number of Topliss-reactive ketones (excluding diaryl/α,β-unsaturated/α-hetero) is 1. The van der Waals surface area contributed by atoms with Crippen LogP contribution in [0.15, 0.2) is 30.6 Å². The minimum Gasteiger partial charge on any atom is -0.396 e. The van der Waals surface area contributed by atoms with Gasteiger partial charge in [0.25, 0.3) is 0 Å². The molecule has 1 fully saturated rings. The number of rotatable bonds is 6. The molecule has 1 aliphatic heterocycles. The number of carbonyl (C=O) groups excluding carboxylic acids is 1. The summed E-state index contributed by atoms with van der Waals surface area (Å²) >= 11 is 0. The molecule has 138 valence electrons. The van der Waals surface area contributed by atoms with Crippen LogP contribution in [0.25, 0.3) is 11.3 Å². The van der Waals surface area contributed by atoms with Crippen LogP contribution < -0.4 is 4.90 Å². The van der Waals surface area contributed by atoms with Gasteiger partial charge in [0.2, 0.25) is 0 Å². The zero-order valence-electron chi connectivity index (χ0n) is 15.6. The highest BCUT2D eigenvalue weighted by Crippen LogP contribution is 2.27. The summed E-state index contributed by atoms with van der Waals surface area (Å²) in [6.45, 7) is 5.97. The van der Waals surface area contributed by atoms with Gasteiger partial charge < -0.3 is 10.0 Å². The van der Waals surface area contributed by atoms with Gasteiger partial charge in [-0.1, -0.05) is 12.1 Å². The van der Waals surface area contributed by atoms with Crippen molar-refractivity contribution in [2.24, 2.45) is 5.92 Å². The summed E-state index contributed by atoms with van der Waals surface area (Å²) in [5, 5.41) is 8.88. The quantitative estimate of drug-likeness (QED) is 0.863. The van der Waals surface area contributed by atoms with Gasteiger partial charge in [0, 0.05) is 43.7 Å². The van der Waals surface area contributed by atoms with E-state index in [9.17, 15) is 4.79 Å². The number of benzene rings is 1. The average Bonchev–Trinajstić information content (AvgIpc) is 2.68. The summed E-state index contributed by atoms with van der Waals surface area (Å²) in [4.78, 5) is 23.3. The van der Waals surface area contributed by atoms with Gasteiger partial charge in [-0.15, -0.1) is 0 Å². The van der Waals surface area contributed by atoms with Gasteiger partial charge in [-0.3, -0.25) is 4.79 Å². The van der Waals surface area contributed by atoms with Crippen molar-refractivity contribution in [1.82, 2.24) is 9.97 Å². The van der Waals surface area contributed by atoms with Crippen molar-refractivity contribution in [3.8, 4) is 11.3 Å². The topological polar surface area (TPSA) is 66.3 Å². The van der Waals surface area contributed by atoms with Crippen LogP contribution in [0.3, 0.4) is 0 Å². The normalized spacial score (nSPS) is 15.3. The molecule has 0 amide bonds. The largest absolute Gasteiger partial charge is 0.396 e. The Morgan fingerprint density at radius 3 is 2.62 bits per heavy atom. The van der Waals surface area contributed by atoms with Crippen LogP contribution in [-0.2, 0) is 4.79 Å². The second-order valence-corrected chi connectivity index (χ2v) is 7.12. The van der Waals surface area contributed by atoms with Crippen molar-refractivity contribution in [1.29, 1.82) is 0 Å². The van der Waals surface area contributed by atoms with E-state index in [0.717, 1.165) is 43.0 Å². The number of anilines is 1. The van der Waals surface area contributed by atoms with Crippen LogP contribution >= 0.6 is 0 Å². The lowest BCUT2D eigenvalue weighted by Gasteiger charge is -2.32. The SMILES string of the molecule is Cc1ccc(-c2cc(N3CCC(C(=O)CCCO)CC3)ncn2)cc1C. The predicted molar refractivity (Wildman–Crippen MR) is 103 cm³/mol. The first-order valence-corrected chi connectivity index (χ1v) is 9.36. The van der Waals surface area contributed by atoms with Crippen molar-refractivity contribution in [2.75, 3.05) is 24.6 Å². The zero-order chi connectivity index (χ0) is 18.5. The number of nitrogens with zero attached hydrogens (tertiary/aromatic N) is 3. The molecule has 2 aromatic rings. The van der Waals surface area contributed by atoms with Gasteiger partial charge >= 0.3 is 0 Å². The van der Waals surface area contributed by atoms with Crippen LogP contribution in [0.5, 0.6) is 0 Å². The van der Waals surface area contributed by atoms with Gasteiger partial charge in [0.15, 0.2) is 0 Å². The molecule has 3 rings (SSSR count). The summed E-state index contributed by atoms with van der Waals surface area (Å²) in [5.41, 5.74) is 4.56. The number of aliphatic hydroxyl groups is 1. The Balaban J connectivity index is 1.68. The molecular formula is C21H27N3O2. The molecule has 1 saturated heterocycles. The minimum atomic E-state index is 0.0901. The van der Waals surface area contributed by atoms with Gasteiger partial charge in [-0.2, -0.15) is 0 Å². The molecule has 5 nitrogen and oxygen atoms in total. The number of carbonyl (C=O) groups is 1. The van der Waals surface area contributed by atoms with E-state index in [0.29, 0.717) is 12.8 Å². The molecule has 0 aliphatic carbocycles. The fourth-order valence-corrected chi connectivity index (χ4v) is 3.47. The molecule has 2 heterocycles. The van der Waals surface area contributed by atoms with Crippen molar-refractivity contribution >= 4 is 11.6 Å². The Morgan fingerprint density at radius 1 is 1.15 bits per heavy atom. The maximum Gasteiger partial charge on any atom is 0.136 e. The molecule has 0 unspecified atom stereocenters. The standard InChI is InChI=1S/C21H27N3O2/c1-15-5-6-18(12-16(15)2)19-13-21(23-14-22-19)24-9-7-17(8-10-24)20(26)4-3-11-25/h5-6,12-14,17,25H,3-4,7-11H2,1-2H3. The van der Waals surface area contributed by atoms with Crippen molar-refractivity contribution < 1.29 is 9.90 Å². The van der Waals surface area contributed by atoms with Crippen LogP contribution in [0.1, 0.15) is 36.8 Å². The van der Waals surface area contributed by atoms with E-state index in [1.807, 2.05) is 6.07 Å². The predicted octanol–water partition coefficient (Wildman–Crippen LogP) is 3.32. The molecule has 1 aromatic carbocycles. The van der Waals surface area contributed by atoms with Crippen LogP contribution in [-0.4, -0.2) is 40.6 Å². The number of piperidine rings is 1. The number of ketones is 1. The summed E-state index contributed by atoms with van der Waals surface area (Å²) in [6.07, 6.45) is 4.40. The summed E-state index contributed by atoms with van der Waals surface area (Å²) < 4.78 is 0. The highest BCUT2D eigenvalue weighted by Gasteiger charge is 2.25. The molecule has 0 bridgehead atoms. The molecule has 1 N–H and O–H groups in total. The first-order valence-electron chi connectivity index (χ1n) is 9.36. The Bertz CT molecular complexity index is 768. The maximum atomic E-state index is 12.1. The third-order valence-electron chi connectivity index (χ3n) is 5.31. The maximum absolute atomic E-state index is 12.1. The van der Waals surface area contributed by atoms with Gasteiger partial charge in [0.05, 0.1) is 5.69 Å². The van der Waals surface area contributed by atoms with Crippen LogP contribution in [0, 0.1) is 19.8 Å². The number of aliphatic hydroxyl groups excluding tert-OH is 1. The van der Waals surface area contributed by atoms with Crippen molar-refractivity contribution in [3.63, 3.8) is 0 Å². The molecule has 1 aliphatic rings. The molecule has 26 heavy (non-hydrogen) atoms. The van der Waals surface area contributed by atoms with Gasteiger partial charge in [-0.25, -0.2) is 9.97 Å². The summed E-state index contributed by atoms with van der Waals surface area (Å²) in [5.74, 6) is 1.34. The molecule has 5 heteroatoms. The van der Waals surface area contributed by atoms with E-state index in [1.165, 1.54) is 11.1 Å². The second kappa shape index (κ2) is 8.41. The Hall–Kier alpha value is -2.27. The minimum absolute atomic E-state index is 0.0901. The van der Waals surface area contributed by atoms with E-state index in [1.54, 1.807) is 6.33 Å². The van der Waals surface area contributed by atoms with E-state index in [-0.39, 0.29) is 18.3 Å². The Labute approximate surface area is 155 Å². The third kappa shape index (κ3) is 4.28. The summed E-state index contributed by atoms with van der Waals surface area (Å²) in [6, 6.07) is 8.42. The van der Waals surface area contributed by atoms with Gasteiger partial charge in [-0.05, 0) is 50.3 Å². The van der Waals surface area contributed by atoms with E-state index in [4.69, 9.17) is 5.11 Å². The molecule has 0 radical (unpaired) electrons. The molecule has 0 atom stereocenters. The first-order chi connectivity index (χ1) is 12.6. The summed E-state index contributed by atoms with van der Waals surface area (Å²) in [7, 11) is 0. The molecule has 0 spiro atoms. The number of aryl methyl sites for hydroxylation is 2. The highest BCUT2D eigenvalue weighted by molar-refractivity contribution is 5.81. The number of hydrogen-bond donors (Lipinski definition) is 1. The van der Waals surface area contributed by atoms with E-state index >= 15 is 0 Å². The second-order valence-electron chi connectivity index (χ2n) is 7.12. The number of hydrogen-bond acceptors (Lipinski definition) is 5. The fraction of sp³-hybridized carbons (Fsp3) is 0.476. The Kier molecular flexibility index (Phi) is 5.99. The highest BCUT2D eigenvalue weighted by atomic mass is 16.3. The van der Waals surface area contributed by atoms with Crippen LogP contribution in [0.2, 0.25) is 0 Å². The Morgan fingerprint density at radius 2 is 1.92 bits per heavy atom. The first kappa shape index (κ1) is 18.5. The van der Waals surface area contributed by atoms with Crippen molar-refractivity contribution in [3.05, 3.63) is 41.7 Å². The molecule has 1 aromatic heterocycles.